The number of nitrogens with zero attached hydrogens (tertiary/aromatic N) is 2. The fraction of sp³-hybridized carbons (Fsp3) is 0.194. The number of allylic oxidation sites excluding steroid dienone is 2. The van der Waals surface area contributed by atoms with Crippen LogP contribution in [0.1, 0.15) is 42.1 Å². The zero-order valence-corrected chi connectivity index (χ0v) is 26.0. The highest BCUT2D eigenvalue weighted by Crippen LogP contribution is 2.40. The number of hydrogen-bond donors (Lipinski definition) is 0. The Morgan fingerprint density at radius 1 is 0.932 bits per heavy atom. The minimum Gasteiger partial charge on any atom is -0.496 e. The number of methoxy groups -OCH3 is 2. The highest BCUT2D eigenvalue weighted by atomic mass is 32.1. The van der Waals surface area contributed by atoms with Crippen molar-refractivity contribution < 1.29 is 19.0 Å². The minimum absolute atomic E-state index is 0.147. The molecule has 0 fully saturated rings. The van der Waals surface area contributed by atoms with Crippen LogP contribution in [0, 0.1) is 6.92 Å². The molecular formula is C36H32N2O5S. The fourth-order valence-electron chi connectivity index (χ4n) is 5.79. The van der Waals surface area contributed by atoms with Gasteiger partial charge >= 0.3 is 0 Å². The third-order valence-corrected chi connectivity index (χ3v) is 8.77. The van der Waals surface area contributed by atoms with E-state index in [1.165, 1.54) is 23.8 Å². The van der Waals surface area contributed by atoms with E-state index in [0.717, 1.165) is 27.5 Å². The summed E-state index contributed by atoms with van der Waals surface area (Å²) in [7, 11) is 3.19. The Hall–Kier alpha value is -4.95. The molecule has 1 atom stereocenters. The summed E-state index contributed by atoms with van der Waals surface area (Å²) in [5, 5.41) is 1.89. The number of thiazole rings is 1. The number of ether oxygens (including phenoxy) is 3. The van der Waals surface area contributed by atoms with E-state index in [-0.39, 0.29) is 11.3 Å². The van der Waals surface area contributed by atoms with Crippen LogP contribution in [0.15, 0.2) is 99.9 Å². The highest BCUT2D eigenvalue weighted by Gasteiger charge is 2.33. The normalized spacial score (nSPS) is 14.8. The second kappa shape index (κ2) is 12.0. The van der Waals surface area contributed by atoms with Crippen LogP contribution in [-0.2, 0) is 11.4 Å². The monoisotopic (exact) mass is 604 g/mol. The van der Waals surface area contributed by atoms with Crippen LogP contribution in [0.2, 0.25) is 0 Å². The molecule has 0 spiro atoms. The minimum atomic E-state index is -0.695. The fourth-order valence-corrected chi connectivity index (χ4v) is 6.83. The molecule has 0 bridgehead atoms. The largest absolute Gasteiger partial charge is 0.496 e. The first kappa shape index (κ1) is 29.1. The van der Waals surface area contributed by atoms with Gasteiger partial charge in [-0.05, 0) is 66.9 Å². The maximum Gasteiger partial charge on any atom is 0.271 e. The first-order valence-corrected chi connectivity index (χ1v) is 15.1. The van der Waals surface area contributed by atoms with Gasteiger partial charge in [0.05, 0.1) is 24.8 Å². The predicted molar refractivity (Wildman–Crippen MR) is 173 cm³/mol. The molecular weight excluding hydrogens is 572 g/mol. The van der Waals surface area contributed by atoms with E-state index in [0.29, 0.717) is 44.5 Å². The molecule has 0 N–H and O–H groups in total. The first-order chi connectivity index (χ1) is 21.3. The molecule has 6 rings (SSSR count). The quantitative estimate of drug-likeness (QED) is 0.221. The molecule has 8 heteroatoms. The maximum absolute atomic E-state index is 14.2. The molecule has 1 aromatic heterocycles. The van der Waals surface area contributed by atoms with Gasteiger partial charge in [0.1, 0.15) is 12.4 Å². The molecule has 0 unspecified atom stereocenters. The molecule has 1 aliphatic rings. The van der Waals surface area contributed by atoms with E-state index < -0.39 is 6.04 Å². The predicted octanol–water partition coefficient (Wildman–Crippen LogP) is 5.88. The van der Waals surface area contributed by atoms with E-state index in [2.05, 4.69) is 6.07 Å². The topological polar surface area (TPSA) is 79.1 Å². The molecule has 0 aliphatic carbocycles. The summed E-state index contributed by atoms with van der Waals surface area (Å²) < 4.78 is 19.6. The van der Waals surface area contributed by atoms with Crippen molar-refractivity contribution in [1.82, 2.24) is 4.57 Å². The van der Waals surface area contributed by atoms with E-state index >= 15 is 0 Å². The van der Waals surface area contributed by atoms with Crippen LogP contribution >= 0.6 is 11.3 Å². The lowest BCUT2D eigenvalue weighted by molar-refractivity contribution is -0.114. The van der Waals surface area contributed by atoms with Crippen LogP contribution < -0.4 is 29.1 Å². The second-order valence-corrected chi connectivity index (χ2v) is 11.7. The van der Waals surface area contributed by atoms with Gasteiger partial charge in [-0.2, -0.15) is 0 Å². The molecule has 222 valence electrons. The molecule has 0 radical (unpaired) electrons. The summed E-state index contributed by atoms with van der Waals surface area (Å²) in [6.45, 7) is 5.79. The Morgan fingerprint density at radius 2 is 1.70 bits per heavy atom. The number of carbonyl (C=O) groups is 1. The lowest BCUT2D eigenvalue weighted by atomic mass is 9.89. The summed E-state index contributed by atoms with van der Waals surface area (Å²) in [5.74, 6) is 1.62. The Morgan fingerprint density at radius 3 is 2.45 bits per heavy atom. The van der Waals surface area contributed by atoms with E-state index in [1.807, 2.05) is 92.7 Å². The number of ketones is 1. The van der Waals surface area contributed by atoms with E-state index in [1.54, 1.807) is 18.8 Å². The van der Waals surface area contributed by atoms with Crippen molar-refractivity contribution in [3.63, 3.8) is 0 Å². The number of aromatic nitrogens is 1. The summed E-state index contributed by atoms with van der Waals surface area (Å²) in [4.78, 5) is 32.5. The molecule has 5 aromatic rings. The first-order valence-electron chi connectivity index (χ1n) is 14.2. The number of carbonyl (C=O) groups excluding carboxylic acids is 1. The van der Waals surface area contributed by atoms with Crippen LogP contribution in [0.4, 0.5) is 0 Å². The molecule has 1 aliphatic heterocycles. The van der Waals surface area contributed by atoms with E-state index in [9.17, 15) is 9.59 Å². The third kappa shape index (κ3) is 5.33. The van der Waals surface area contributed by atoms with Gasteiger partial charge in [0, 0.05) is 16.8 Å². The zero-order valence-electron chi connectivity index (χ0n) is 25.2. The van der Waals surface area contributed by atoms with Gasteiger partial charge in [0.25, 0.3) is 5.56 Å². The average Bonchev–Trinajstić information content (AvgIpc) is 3.32. The van der Waals surface area contributed by atoms with Crippen molar-refractivity contribution in [1.29, 1.82) is 0 Å². The van der Waals surface area contributed by atoms with Crippen LogP contribution in [-0.4, -0.2) is 24.6 Å². The van der Waals surface area contributed by atoms with Gasteiger partial charge in [-0.1, -0.05) is 77.6 Å². The number of hydrogen-bond acceptors (Lipinski definition) is 7. The van der Waals surface area contributed by atoms with Crippen molar-refractivity contribution >= 4 is 34.0 Å². The van der Waals surface area contributed by atoms with Gasteiger partial charge in [-0.25, -0.2) is 4.99 Å². The summed E-state index contributed by atoms with van der Waals surface area (Å²) >= 11 is 1.29. The maximum atomic E-state index is 14.2. The van der Waals surface area contributed by atoms with Crippen LogP contribution in [0.5, 0.6) is 17.2 Å². The number of rotatable bonds is 8. The zero-order chi connectivity index (χ0) is 31.0. The number of aryl methyl sites for hydroxylation is 1. The van der Waals surface area contributed by atoms with Crippen LogP contribution in [0.3, 0.4) is 0 Å². The number of benzene rings is 4. The van der Waals surface area contributed by atoms with E-state index in [4.69, 9.17) is 19.2 Å². The lowest BCUT2D eigenvalue weighted by Crippen LogP contribution is -2.39. The SMILES string of the molecule is COc1cc(C=c2sc3n(c2=O)[C@H](c2c(OC)ccc4ccccc24)C(C(C)=O)=C(C)N=3)ccc1OCc1cccc(C)c1. The summed E-state index contributed by atoms with van der Waals surface area (Å²) in [6.07, 6.45) is 1.82. The van der Waals surface area contributed by atoms with Crippen molar-refractivity contribution in [3.8, 4) is 17.2 Å². The Balaban J connectivity index is 1.46. The van der Waals surface area contributed by atoms with Gasteiger partial charge in [-0.3, -0.25) is 14.2 Å². The van der Waals surface area contributed by atoms with Crippen molar-refractivity contribution in [2.45, 2.75) is 33.4 Å². The molecule has 0 saturated heterocycles. The molecule has 4 aromatic carbocycles. The molecule has 7 nitrogen and oxygen atoms in total. The molecule has 0 saturated carbocycles. The standard InChI is InChI=1S/C36H32N2O5S/c1-21-9-8-10-25(17-21)20-43-28-15-13-24(18-30(28)42-5)19-31-35(40)38-34(32(23(3)39)22(2)37-36(38)44-31)33-27-12-7-6-11-26(27)14-16-29(33)41-4/h6-19,34H,20H2,1-5H3/t34-/m0/s1. The van der Waals surface area contributed by atoms with Gasteiger partial charge in [0.15, 0.2) is 22.1 Å². The summed E-state index contributed by atoms with van der Waals surface area (Å²) in [5.41, 5.74) is 4.58. The van der Waals surface area contributed by atoms with Crippen molar-refractivity contribution in [2.75, 3.05) is 14.2 Å². The third-order valence-electron chi connectivity index (χ3n) is 7.79. The highest BCUT2D eigenvalue weighted by molar-refractivity contribution is 7.07. The molecule has 2 heterocycles. The number of Topliss-reactive ketones (excluding diaryl/α,β-unsaturated/α-hetero) is 1. The second-order valence-electron chi connectivity index (χ2n) is 10.7. The lowest BCUT2D eigenvalue weighted by Gasteiger charge is -2.27. The Kier molecular flexibility index (Phi) is 7.93. The van der Waals surface area contributed by atoms with Crippen molar-refractivity contribution in [3.05, 3.63) is 132 Å². The smallest absolute Gasteiger partial charge is 0.271 e. The molecule has 0 amide bonds. The van der Waals surface area contributed by atoms with Crippen molar-refractivity contribution in [2.24, 2.45) is 4.99 Å². The van der Waals surface area contributed by atoms with Gasteiger partial charge < -0.3 is 14.2 Å². The average molecular weight is 605 g/mol. The summed E-state index contributed by atoms with van der Waals surface area (Å²) in [6, 6.07) is 24.8. The van der Waals surface area contributed by atoms with Gasteiger partial charge in [0.2, 0.25) is 0 Å². The van der Waals surface area contributed by atoms with Crippen LogP contribution in [0.25, 0.3) is 16.8 Å². The van der Waals surface area contributed by atoms with Gasteiger partial charge in [-0.15, -0.1) is 0 Å². The Bertz CT molecular complexity index is 2140. The molecule has 44 heavy (non-hydrogen) atoms. The Labute approximate surface area is 259 Å². The number of fused-ring (bicyclic) bond motifs is 2.